The molecule has 33 heavy (non-hydrogen) atoms. The molecule has 0 saturated heterocycles. The second-order valence-electron chi connectivity index (χ2n) is 7.17. The van der Waals surface area contributed by atoms with Crippen LogP contribution >= 0.6 is 11.8 Å². The fourth-order valence-electron chi connectivity index (χ4n) is 3.24. The largest absolute Gasteiger partial charge is 0.322 e. The Morgan fingerprint density at radius 1 is 0.727 bits per heavy atom. The molecule has 0 bridgehead atoms. The second-order valence-corrected chi connectivity index (χ2v) is 8.22. The molecule has 0 heterocycles. The topological polar surface area (TPSA) is 49.4 Å². The summed E-state index contributed by atoms with van der Waals surface area (Å²) < 4.78 is 13.0. The maximum absolute atomic E-state index is 13.1. The Labute approximate surface area is 196 Å². The zero-order chi connectivity index (χ0) is 23.0. The lowest BCUT2D eigenvalue weighted by Gasteiger charge is -2.23. The summed E-state index contributed by atoms with van der Waals surface area (Å²) in [7, 11) is 0. The Balaban J connectivity index is 1.40. The highest BCUT2D eigenvalue weighted by Crippen LogP contribution is 2.28. The van der Waals surface area contributed by atoms with Crippen LogP contribution in [0.1, 0.15) is 10.4 Å². The lowest BCUT2D eigenvalue weighted by atomic mass is 10.2. The quantitative estimate of drug-likeness (QED) is 0.322. The van der Waals surface area contributed by atoms with Gasteiger partial charge in [-0.1, -0.05) is 36.4 Å². The van der Waals surface area contributed by atoms with Crippen LogP contribution in [0, 0.1) is 5.82 Å². The summed E-state index contributed by atoms with van der Waals surface area (Å²) >= 11 is 1.43. The minimum Gasteiger partial charge on any atom is -0.322 e. The summed E-state index contributed by atoms with van der Waals surface area (Å²) in [6.07, 6.45) is 0. The normalized spacial score (nSPS) is 10.5. The van der Waals surface area contributed by atoms with Crippen LogP contribution in [-0.4, -0.2) is 17.6 Å². The Morgan fingerprint density at radius 2 is 1.27 bits per heavy atom. The summed E-state index contributed by atoms with van der Waals surface area (Å²) in [5.74, 6) is -0.482. The van der Waals surface area contributed by atoms with Gasteiger partial charge in [-0.05, 0) is 72.8 Å². The van der Waals surface area contributed by atoms with Crippen LogP contribution in [0.2, 0.25) is 0 Å². The highest BCUT2D eigenvalue weighted by atomic mass is 32.2. The van der Waals surface area contributed by atoms with E-state index >= 15 is 0 Å². The van der Waals surface area contributed by atoms with Crippen LogP contribution in [0.4, 0.5) is 21.5 Å². The van der Waals surface area contributed by atoms with E-state index in [2.05, 4.69) is 5.32 Å². The van der Waals surface area contributed by atoms with Crippen molar-refractivity contribution in [3.63, 3.8) is 0 Å². The smallest absolute Gasteiger partial charge is 0.255 e. The molecular weight excluding hydrogens is 435 g/mol. The highest BCUT2D eigenvalue weighted by Gasteiger charge is 2.18. The molecule has 0 atom stereocenters. The Hall–Kier alpha value is -3.90. The first-order valence-electron chi connectivity index (χ1n) is 10.3. The molecule has 0 saturated carbocycles. The van der Waals surface area contributed by atoms with Gasteiger partial charge in [-0.25, -0.2) is 4.39 Å². The van der Waals surface area contributed by atoms with Gasteiger partial charge in [-0.3, -0.25) is 14.5 Å². The van der Waals surface area contributed by atoms with Crippen LogP contribution in [0.15, 0.2) is 114 Å². The fourth-order valence-corrected chi connectivity index (χ4v) is 3.99. The second kappa shape index (κ2) is 10.6. The number of carbonyl (C=O) groups excluding carboxylic acids is 2. The minimum atomic E-state index is -0.388. The number of benzene rings is 4. The number of hydrogen-bond acceptors (Lipinski definition) is 3. The maximum atomic E-state index is 13.1. The van der Waals surface area contributed by atoms with Crippen LogP contribution in [0.3, 0.4) is 0 Å². The lowest BCUT2D eigenvalue weighted by molar-refractivity contribution is -0.115. The molecule has 4 nitrogen and oxygen atoms in total. The summed E-state index contributed by atoms with van der Waals surface area (Å²) in [6.45, 7) is 0. The number of nitrogens with one attached hydrogen (secondary N) is 1. The Kier molecular flexibility index (Phi) is 7.17. The minimum absolute atomic E-state index is 0.0360. The van der Waals surface area contributed by atoms with Crippen molar-refractivity contribution >= 4 is 40.6 Å². The van der Waals surface area contributed by atoms with Crippen LogP contribution in [0.25, 0.3) is 0 Å². The van der Waals surface area contributed by atoms with Crippen LogP contribution in [0.5, 0.6) is 0 Å². The van der Waals surface area contributed by atoms with Gasteiger partial charge in [-0.2, -0.15) is 0 Å². The van der Waals surface area contributed by atoms with Crippen molar-refractivity contribution in [2.45, 2.75) is 4.90 Å². The molecule has 6 heteroatoms. The average molecular weight is 457 g/mol. The molecule has 0 aliphatic heterocycles. The lowest BCUT2D eigenvalue weighted by Crippen LogP contribution is -2.27. The van der Waals surface area contributed by atoms with Crippen molar-refractivity contribution in [1.82, 2.24) is 0 Å². The molecule has 0 aliphatic rings. The van der Waals surface area contributed by atoms with Gasteiger partial charge in [0.05, 0.1) is 5.75 Å². The van der Waals surface area contributed by atoms with E-state index in [-0.39, 0.29) is 23.4 Å². The van der Waals surface area contributed by atoms with Crippen molar-refractivity contribution in [2.75, 3.05) is 16.0 Å². The van der Waals surface area contributed by atoms with E-state index in [0.29, 0.717) is 11.3 Å². The SMILES string of the molecule is O=C(Nc1ccc(SCC(=O)N(c2ccccc2)c2ccccc2)cc1)c1ccc(F)cc1. The van der Waals surface area contributed by atoms with E-state index in [1.54, 1.807) is 17.0 Å². The molecule has 0 aliphatic carbocycles. The number of nitrogens with zero attached hydrogens (tertiary/aromatic N) is 1. The number of carbonyl (C=O) groups is 2. The van der Waals surface area contributed by atoms with Crippen molar-refractivity contribution in [2.24, 2.45) is 0 Å². The number of rotatable bonds is 7. The molecule has 0 radical (unpaired) electrons. The van der Waals surface area contributed by atoms with Gasteiger partial charge in [0.25, 0.3) is 5.91 Å². The van der Waals surface area contributed by atoms with Gasteiger partial charge in [-0.15, -0.1) is 11.8 Å². The highest BCUT2D eigenvalue weighted by molar-refractivity contribution is 8.00. The fraction of sp³-hybridized carbons (Fsp3) is 0.0370. The van der Waals surface area contributed by atoms with Gasteiger partial charge < -0.3 is 5.32 Å². The third-order valence-electron chi connectivity index (χ3n) is 4.86. The first kappa shape index (κ1) is 22.3. The predicted octanol–water partition coefficient (Wildman–Crippen LogP) is 6.54. The zero-order valence-electron chi connectivity index (χ0n) is 17.6. The number of thioether (sulfide) groups is 1. The molecule has 164 valence electrons. The Bertz CT molecular complexity index is 1180. The summed E-state index contributed by atoms with van der Waals surface area (Å²) in [6, 6.07) is 31.7. The van der Waals surface area contributed by atoms with E-state index in [0.717, 1.165) is 16.3 Å². The van der Waals surface area contributed by atoms with Gasteiger partial charge in [0.1, 0.15) is 5.82 Å². The van der Waals surface area contributed by atoms with Gasteiger partial charge in [0.2, 0.25) is 5.91 Å². The van der Waals surface area contributed by atoms with E-state index in [4.69, 9.17) is 0 Å². The zero-order valence-corrected chi connectivity index (χ0v) is 18.5. The van der Waals surface area contributed by atoms with E-state index in [1.165, 1.54) is 36.0 Å². The number of halogens is 1. The average Bonchev–Trinajstić information content (AvgIpc) is 2.85. The molecular formula is C27H21FN2O2S. The van der Waals surface area contributed by atoms with Gasteiger partial charge in [0, 0.05) is 27.5 Å². The summed E-state index contributed by atoms with van der Waals surface area (Å²) in [4.78, 5) is 28.0. The number of para-hydroxylation sites is 2. The molecule has 0 spiro atoms. The Morgan fingerprint density at radius 3 is 1.82 bits per heavy atom. The molecule has 1 N–H and O–H groups in total. The van der Waals surface area contributed by atoms with E-state index in [9.17, 15) is 14.0 Å². The third-order valence-corrected chi connectivity index (χ3v) is 5.86. The summed E-state index contributed by atoms with van der Waals surface area (Å²) in [5.41, 5.74) is 2.62. The van der Waals surface area contributed by atoms with Crippen LogP contribution in [-0.2, 0) is 4.79 Å². The van der Waals surface area contributed by atoms with Crippen LogP contribution < -0.4 is 10.2 Å². The predicted molar refractivity (Wildman–Crippen MR) is 132 cm³/mol. The first-order valence-corrected chi connectivity index (χ1v) is 11.3. The van der Waals surface area contributed by atoms with E-state index < -0.39 is 0 Å². The number of amides is 2. The van der Waals surface area contributed by atoms with Crippen molar-refractivity contribution in [3.05, 3.63) is 121 Å². The van der Waals surface area contributed by atoms with Crippen molar-refractivity contribution in [3.8, 4) is 0 Å². The number of anilines is 3. The molecule has 4 aromatic rings. The molecule has 0 unspecified atom stereocenters. The molecule has 4 aromatic carbocycles. The monoisotopic (exact) mass is 456 g/mol. The summed E-state index contributed by atoms with van der Waals surface area (Å²) in [5, 5.41) is 2.79. The van der Waals surface area contributed by atoms with Gasteiger partial charge >= 0.3 is 0 Å². The number of hydrogen-bond donors (Lipinski definition) is 1. The van der Waals surface area contributed by atoms with Crippen molar-refractivity contribution < 1.29 is 14.0 Å². The molecule has 0 fully saturated rings. The standard InChI is InChI=1S/C27H21FN2O2S/c28-21-13-11-20(12-14-21)27(32)29-22-15-17-25(18-16-22)33-19-26(31)30(23-7-3-1-4-8-23)24-9-5-2-6-10-24/h1-18H,19H2,(H,29,32). The first-order chi connectivity index (χ1) is 16.1. The van der Waals surface area contributed by atoms with Gasteiger partial charge in [0.15, 0.2) is 0 Å². The molecule has 0 aromatic heterocycles. The van der Waals surface area contributed by atoms with Crippen molar-refractivity contribution in [1.29, 1.82) is 0 Å². The maximum Gasteiger partial charge on any atom is 0.255 e. The third kappa shape index (κ3) is 5.87. The molecule has 4 rings (SSSR count). The van der Waals surface area contributed by atoms with E-state index in [1.807, 2.05) is 72.8 Å². The molecule has 2 amide bonds.